The molecule has 2 heterocycles. The van der Waals surface area contributed by atoms with Crippen LogP contribution in [-0.2, 0) is 9.53 Å². The fourth-order valence-corrected chi connectivity index (χ4v) is 4.22. The number of carbonyl (C=O) groups is 3. The van der Waals surface area contributed by atoms with E-state index in [1.807, 2.05) is 30.3 Å². The third-order valence-electron chi connectivity index (χ3n) is 6.05. The molecule has 2 aliphatic heterocycles. The van der Waals surface area contributed by atoms with E-state index in [4.69, 9.17) is 9.47 Å². The van der Waals surface area contributed by atoms with Gasteiger partial charge in [0, 0.05) is 29.8 Å². The van der Waals surface area contributed by atoms with E-state index >= 15 is 0 Å². The van der Waals surface area contributed by atoms with Gasteiger partial charge in [-0.25, -0.2) is 0 Å². The summed E-state index contributed by atoms with van der Waals surface area (Å²) in [6.45, 7) is 2.10. The fourth-order valence-electron chi connectivity index (χ4n) is 4.22. The summed E-state index contributed by atoms with van der Waals surface area (Å²) in [6.07, 6.45) is -0.795. The molecule has 1 saturated heterocycles. The van der Waals surface area contributed by atoms with E-state index in [0.29, 0.717) is 54.4 Å². The number of rotatable bonds is 4. The van der Waals surface area contributed by atoms with Crippen LogP contribution in [0, 0.1) is 0 Å². The van der Waals surface area contributed by atoms with Crippen LogP contribution < -0.4 is 9.64 Å². The number of hydrogen-bond acceptors (Lipinski definition) is 5. The molecule has 172 valence electrons. The Morgan fingerprint density at radius 1 is 0.735 bits per heavy atom. The van der Waals surface area contributed by atoms with E-state index in [2.05, 4.69) is 0 Å². The number of ether oxygens (including phenoxy) is 2. The predicted molar refractivity (Wildman–Crippen MR) is 126 cm³/mol. The van der Waals surface area contributed by atoms with Crippen molar-refractivity contribution >= 4 is 23.3 Å². The van der Waals surface area contributed by atoms with Crippen LogP contribution in [0.15, 0.2) is 78.9 Å². The highest BCUT2D eigenvalue weighted by Crippen LogP contribution is 2.34. The first-order valence-corrected chi connectivity index (χ1v) is 11.3. The standard InChI is InChI=1S/C27H24N2O5/c30-25(19-6-2-1-3-7-19)20-10-12-21(13-11-20)26(31)29-18-24(27(32)28-14-16-33-17-15-28)34-23-9-5-4-8-22(23)29/h1-13,24H,14-18H2/t24-/m0/s1. The van der Waals surface area contributed by atoms with Gasteiger partial charge in [0.1, 0.15) is 5.75 Å². The van der Waals surface area contributed by atoms with Gasteiger partial charge in [-0.05, 0) is 24.3 Å². The summed E-state index contributed by atoms with van der Waals surface area (Å²) in [5.41, 5.74) is 2.14. The Bertz CT molecular complexity index is 1200. The summed E-state index contributed by atoms with van der Waals surface area (Å²) in [6, 6.07) is 22.8. The van der Waals surface area contributed by atoms with Gasteiger partial charge in [-0.3, -0.25) is 14.4 Å². The summed E-state index contributed by atoms with van der Waals surface area (Å²) in [7, 11) is 0. The quantitative estimate of drug-likeness (QED) is 0.564. The molecular formula is C27H24N2O5. The molecule has 0 spiro atoms. The van der Waals surface area contributed by atoms with E-state index in [1.54, 1.807) is 58.3 Å². The van der Waals surface area contributed by atoms with Gasteiger partial charge in [0.25, 0.3) is 11.8 Å². The zero-order valence-corrected chi connectivity index (χ0v) is 18.6. The maximum absolute atomic E-state index is 13.5. The van der Waals surface area contributed by atoms with E-state index in [1.165, 1.54) is 0 Å². The summed E-state index contributed by atoms with van der Waals surface area (Å²) < 4.78 is 11.3. The van der Waals surface area contributed by atoms with Gasteiger partial charge in [0.2, 0.25) is 0 Å². The molecule has 34 heavy (non-hydrogen) atoms. The van der Waals surface area contributed by atoms with Crippen LogP contribution in [0.3, 0.4) is 0 Å². The lowest BCUT2D eigenvalue weighted by molar-refractivity contribution is -0.142. The van der Waals surface area contributed by atoms with Gasteiger partial charge in [0.05, 0.1) is 25.4 Å². The lowest BCUT2D eigenvalue weighted by Crippen LogP contribution is -2.54. The molecular weight excluding hydrogens is 432 g/mol. The Kier molecular flexibility index (Phi) is 6.10. The van der Waals surface area contributed by atoms with Crippen LogP contribution >= 0.6 is 0 Å². The maximum atomic E-state index is 13.5. The minimum atomic E-state index is -0.795. The first-order chi connectivity index (χ1) is 16.6. The average molecular weight is 456 g/mol. The first kappa shape index (κ1) is 21.9. The van der Waals surface area contributed by atoms with Gasteiger partial charge in [0.15, 0.2) is 11.9 Å². The molecule has 7 heteroatoms. The van der Waals surface area contributed by atoms with E-state index < -0.39 is 6.10 Å². The summed E-state index contributed by atoms with van der Waals surface area (Å²) >= 11 is 0. The van der Waals surface area contributed by atoms with Crippen molar-refractivity contribution in [3.63, 3.8) is 0 Å². The Morgan fingerprint density at radius 2 is 1.35 bits per heavy atom. The summed E-state index contributed by atoms with van der Waals surface area (Å²) in [5, 5.41) is 0. The van der Waals surface area contributed by atoms with Crippen molar-refractivity contribution in [1.29, 1.82) is 0 Å². The first-order valence-electron chi connectivity index (χ1n) is 11.3. The number of benzene rings is 3. The van der Waals surface area contributed by atoms with Crippen molar-refractivity contribution in [2.45, 2.75) is 6.10 Å². The van der Waals surface area contributed by atoms with Crippen LogP contribution in [-0.4, -0.2) is 61.4 Å². The second-order valence-corrected chi connectivity index (χ2v) is 8.20. The molecule has 0 radical (unpaired) electrons. The number of fused-ring (bicyclic) bond motifs is 1. The van der Waals surface area contributed by atoms with Crippen molar-refractivity contribution < 1.29 is 23.9 Å². The molecule has 1 atom stereocenters. The molecule has 3 aromatic rings. The highest BCUT2D eigenvalue weighted by molar-refractivity contribution is 6.11. The van der Waals surface area contributed by atoms with Crippen molar-refractivity contribution in [2.75, 3.05) is 37.7 Å². The minimum Gasteiger partial charge on any atom is -0.476 e. The third-order valence-corrected chi connectivity index (χ3v) is 6.05. The molecule has 0 aromatic heterocycles. The monoisotopic (exact) mass is 456 g/mol. The van der Waals surface area contributed by atoms with Gasteiger partial charge < -0.3 is 19.3 Å². The predicted octanol–water partition coefficient (Wildman–Crippen LogP) is 3.18. The lowest BCUT2D eigenvalue weighted by atomic mass is 10.0. The number of nitrogens with zero attached hydrogens (tertiary/aromatic N) is 2. The lowest BCUT2D eigenvalue weighted by Gasteiger charge is -2.37. The molecule has 0 N–H and O–H groups in total. The van der Waals surface area contributed by atoms with Gasteiger partial charge in [-0.1, -0.05) is 54.6 Å². The molecule has 3 aromatic carbocycles. The molecule has 1 fully saturated rings. The second-order valence-electron chi connectivity index (χ2n) is 8.20. The number of carbonyl (C=O) groups excluding carboxylic acids is 3. The number of para-hydroxylation sites is 2. The Hall–Kier alpha value is -3.97. The zero-order chi connectivity index (χ0) is 23.5. The molecule has 7 nitrogen and oxygen atoms in total. The fraction of sp³-hybridized carbons (Fsp3) is 0.222. The number of ketones is 1. The van der Waals surface area contributed by atoms with Crippen LogP contribution in [0.1, 0.15) is 26.3 Å². The second kappa shape index (κ2) is 9.49. The van der Waals surface area contributed by atoms with E-state index in [9.17, 15) is 14.4 Å². The van der Waals surface area contributed by atoms with E-state index in [0.717, 1.165) is 0 Å². The highest BCUT2D eigenvalue weighted by Gasteiger charge is 2.36. The molecule has 2 aliphatic rings. The van der Waals surface area contributed by atoms with Crippen LogP contribution in [0.25, 0.3) is 0 Å². The summed E-state index contributed by atoms with van der Waals surface area (Å²) in [5.74, 6) is -0.0225. The van der Waals surface area contributed by atoms with Crippen molar-refractivity contribution in [2.24, 2.45) is 0 Å². The van der Waals surface area contributed by atoms with Crippen molar-refractivity contribution in [3.05, 3.63) is 95.6 Å². The zero-order valence-electron chi connectivity index (χ0n) is 18.6. The molecule has 5 rings (SSSR count). The van der Waals surface area contributed by atoms with Gasteiger partial charge >= 0.3 is 0 Å². The molecule has 0 aliphatic carbocycles. The van der Waals surface area contributed by atoms with Crippen molar-refractivity contribution in [3.8, 4) is 5.75 Å². The minimum absolute atomic E-state index is 0.104. The smallest absolute Gasteiger partial charge is 0.265 e. The van der Waals surface area contributed by atoms with E-state index in [-0.39, 0.29) is 24.1 Å². The topological polar surface area (TPSA) is 76.2 Å². The van der Waals surface area contributed by atoms with Gasteiger partial charge in [-0.15, -0.1) is 0 Å². The molecule has 2 amide bonds. The van der Waals surface area contributed by atoms with Crippen LogP contribution in [0.5, 0.6) is 5.75 Å². The Balaban J connectivity index is 1.38. The van der Waals surface area contributed by atoms with Crippen LogP contribution in [0.2, 0.25) is 0 Å². The van der Waals surface area contributed by atoms with Crippen LogP contribution in [0.4, 0.5) is 5.69 Å². The average Bonchev–Trinajstić information content (AvgIpc) is 2.92. The molecule has 0 unspecified atom stereocenters. The Morgan fingerprint density at radius 3 is 2.09 bits per heavy atom. The highest BCUT2D eigenvalue weighted by atomic mass is 16.5. The van der Waals surface area contributed by atoms with Crippen molar-refractivity contribution in [1.82, 2.24) is 4.90 Å². The summed E-state index contributed by atoms with van der Waals surface area (Å²) in [4.78, 5) is 42.6. The number of morpholine rings is 1. The maximum Gasteiger partial charge on any atom is 0.265 e. The normalized spacial score (nSPS) is 17.5. The number of amides is 2. The largest absolute Gasteiger partial charge is 0.476 e. The molecule has 0 bridgehead atoms. The third kappa shape index (κ3) is 4.30. The number of hydrogen-bond donors (Lipinski definition) is 0. The Labute approximate surface area is 197 Å². The number of anilines is 1. The van der Waals surface area contributed by atoms with Gasteiger partial charge in [-0.2, -0.15) is 0 Å². The molecule has 0 saturated carbocycles. The SMILES string of the molecule is O=C(c1ccccc1)c1ccc(C(=O)N2C[C@@H](C(=O)N3CCOCC3)Oc3ccccc32)cc1.